The second-order valence-electron chi connectivity index (χ2n) is 9.84. The largest absolute Gasteiger partial charge is 0.381 e. The van der Waals surface area contributed by atoms with Crippen LogP contribution in [-0.2, 0) is 9.53 Å². The number of nitrogens with one attached hydrogen (secondary N) is 1. The van der Waals surface area contributed by atoms with Gasteiger partial charge in [0.2, 0.25) is 5.91 Å². The molecule has 1 amide bonds. The van der Waals surface area contributed by atoms with Crippen LogP contribution in [0.25, 0.3) is 16.6 Å². The fraction of sp³-hybridized carbons (Fsp3) is 0.310. The molecule has 2 fully saturated rings. The topological polar surface area (TPSA) is 104 Å². The lowest BCUT2D eigenvalue weighted by Crippen LogP contribution is -2.46. The number of benzene rings is 1. The van der Waals surface area contributed by atoms with E-state index in [0.717, 1.165) is 85.9 Å². The summed E-state index contributed by atoms with van der Waals surface area (Å²) in [6, 6.07) is 12.7. The highest BCUT2D eigenvalue weighted by molar-refractivity contribution is 5.98. The first-order chi connectivity index (χ1) is 19.1. The average Bonchev–Trinajstić information content (AvgIpc) is 3.65. The first-order valence-electron chi connectivity index (χ1n) is 13.2. The van der Waals surface area contributed by atoms with Gasteiger partial charge in [-0.1, -0.05) is 6.58 Å². The second-order valence-corrected chi connectivity index (χ2v) is 9.84. The van der Waals surface area contributed by atoms with Crippen molar-refractivity contribution in [1.29, 1.82) is 5.26 Å². The Morgan fingerprint density at radius 1 is 1.03 bits per heavy atom. The fourth-order valence-electron chi connectivity index (χ4n) is 5.37. The minimum atomic E-state index is -0.225. The molecule has 0 atom stereocenters. The lowest BCUT2D eigenvalue weighted by molar-refractivity contribution is -0.111. The Bertz CT molecular complexity index is 1530. The molecule has 5 heterocycles. The third-order valence-electron chi connectivity index (χ3n) is 7.52. The Balaban J connectivity index is 1.24. The van der Waals surface area contributed by atoms with Gasteiger partial charge in [-0.2, -0.15) is 15.5 Å². The molecular weight excluding hydrogens is 492 g/mol. The summed E-state index contributed by atoms with van der Waals surface area (Å²) in [6.07, 6.45) is 10.8. The smallest absolute Gasteiger partial charge is 0.247 e. The zero-order chi connectivity index (χ0) is 26.8. The number of hydrogen-bond donors (Lipinski definition) is 1. The molecule has 0 bridgehead atoms. The Kier molecular flexibility index (Phi) is 6.73. The predicted molar refractivity (Wildman–Crippen MR) is 150 cm³/mol. The monoisotopic (exact) mass is 522 g/mol. The maximum atomic E-state index is 11.6. The van der Waals surface area contributed by atoms with Crippen LogP contribution in [0.5, 0.6) is 0 Å². The quantitative estimate of drug-likeness (QED) is 0.384. The summed E-state index contributed by atoms with van der Waals surface area (Å²) in [5.74, 6) is -0.225. The van der Waals surface area contributed by atoms with Gasteiger partial charge in [-0.3, -0.25) is 9.48 Å². The zero-order valence-electron chi connectivity index (χ0n) is 21.7. The number of rotatable bonds is 6. The lowest BCUT2D eigenvalue weighted by Gasteiger charge is -2.37. The highest BCUT2D eigenvalue weighted by atomic mass is 16.5. The number of ether oxygens (including phenoxy) is 1. The third-order valence-corrected chi connectivity index (χ3v) is 7.52. The van der Waals surface area contributed by atoms with E-state index >= 15 is 0 Å². The normalized spacial score (nSPS) is 16.3. The molecular formula is C29H30N8O2. The highest BCUT2D eigenvalue weighted by Crippen LogP contribution is 2.33. The van der Waals surface area contributed by atoms with Gasteiger partial charge >= 0.3 is 0 Å². The van der Waals surface area contributed by atoms with Gasteiger partial charge in [0.05, 0.1) is 29.7 Å². The molecule has 0 saturated carbocycles. The van der Waals surface area contributed by atoms with Crippen molar-refractivity contribution < 1.29 is 9.53 Å². The Labute approximate surface area is 226 Å². The van der Waals surface area contributed by atoms with Crippen LogP contribution in [0.1, 0.15) is 24.4 Å². The van der Waals surface area contributed by atoms with Gasteiger partial charge in [-0.05, 0) is 49.2 Å². The minimum Gasteiger partial charge on any atom is -0.381 e. The highest BCUT2D eigenvalue weighted by Gasteiger charge is 2.23. The number of amides is 1. The van der Waals surface area contributed by atoms with Gasteiger partial charge in [0, 0.05) is 74.3 Å². The van der Waals surface area contributed by atoms with E-state index in [2.05, 4.69) is 54.9 Å². The summed E-state index contributed by atoms with van der Waals surface area (Å²) in [5.41, 5.74) is 6.29. The molecule has 1 aromatic carbocycles. The van der Waals surface area contributed by atoms with Gasteiger partial charge in [0.25, 0.3) is 0 Å². The van der Waals surface area contributed by atoms with E-state index in [1.54, 1.807) is 6.20 Å². The van der Waals surface area contributed by atoms with Crippen LogP contribution in [0.4, 0.5) is 17.1 Å². The van der Waals surface area contributed by atoms with Crippen molar-refractivity contribution in [3.8, 4) is 17.2 Å². The fourth-order valence-corrected chi connectivity index (χ4v) is 5.37. The first-order valence-corrected chi connectivity index (χ1v) is 13.2. The molecule has 1 N–H and O–H groups in total. The molecule has 0 unspecified atom stereocenters. The van der Waals surface area contributed by atoms with Crippen molar-refractivity contribution in [3.63, 3.8) is 0 Å². The van der Waals surface area contributed by atoms with E-state index in [0.29, 0.717) is 11.6 Å². The number of piperazine rings is 1. The summed E-state index contributed by atoms with van der Waals surface area (Å²) in [5, 5.41) is 21.7. The van der Waals surface area contributed by atoms with Crippen molar-refractivity contribution in [3.05, 3.63) is 73.3 Å². The molecule has 0 aliphatic carbocycles. The number of nitriles is 1. The van der Waals surface area contributed by atoms with Crippen molar-refractivity contribution in [1.82, 2.24) is 19.4 Å². The van der Waals surface area contributed by atoms with Crippen molar-refractivity contribution in [2.75, 3.05) is 54.5 Å². The predicted octanol–water partition coefficient (Wildman–Crippen LogP) is 3.87. The Hall–Kier alpha value is -4.62. The molecule has 3 aromatic heterocycles. The maximum absolute atomic E-state index is 11.6. The first kappa shape index (κ1) is 24.7. The number of anilines is 3. The molecule has 0 radical (unpaired) electrons. The molecule has 0 spiro atoms. The van der Waals surface area contributed by atoms with Crippen molar-refractivity contribution >= 4 is 28.5 Å². The van der Waals surface area contributed by atoms with E-state index in [-0.39, 0.29) is 5.91 Å². The Morgan fingerprint density at radius 3 is 2.49 bits per heavy atom. The number of nitrogens with zero attached hydrogens (tertiary/aromatic N) is 7. The van der Waals surface area contributed by atoms with E-state index in [1.165, 1.54) is 6.08 Å². The van der Waals surface area contributed by atoms with Crippen molar-refractivity contribution in [2.24, 2.45) is 0 Å². The van der Waals surface area contributed by atoms with Gasteiger partial charge in [-0.25, -0.2) is 4.52 Å². The SMILES string of the molecule is C=CC(=O)Nc1ccc(N2CCN(c3cc(-c4cnn(C5CCOCC5)c4)cn4ncc(C#N)c34)CC2)cc1. The number of pyridine rings is 1. The van der Waals surface area contributed by atoms with Crippen LogP contribution >= 0.6 is 0 Å². The standard InChI is InChI=1S/C29H30N8O2/c1-2-28(38)33-24-3-5-25(6-4-24)34-9-11-35(12-10-34)27-15-21(19-37-29(27)22(16-30)17-32-37)23-18-31-36(20-23)26-7-13-39-14-8-26/h2-6,15,17-20,26H,1,7-14H2,(H,33,38). The Morgan fingerprint density at radius 2 is 1.77 bits per heavy atom. The zero-order valence-corrected chi connectivity index (χ0v) is 21.7. The van der Waals surface area contributed by atoms with Crippen LogP contribution < -0.4 is 15.1 Å². The van der Waals surface area contributed by atoms with Crippen LogP contribution in [0.15, 0.2) is 67.8 Å². The second kappa shape index (κ2) is 10.6. The van der Waals surface area contributed by atoms with Crippen LogP contribution in [0.2, 0.25) is 0 Å². The van der Waals surface area contributed by atoms with Crippen LogP contribution in [-0.4, -0.2) is 64.7 Å². The van der Waals surface area contributed by atoms with Crippen molar-refractivity contribution in [2.45, 2.75) is 18.9 Å². The molecule has 2 saturated heterocycles. The molecule has 2 aliphatic rings. The summed E-state index contributed by atoms with van der Waals surface area (Å²) in [7, 11) is 0. The van der Waals surface area contributed by atoms with Gasteiger partial charge in [-0.15, -0.1) is 0 Å². The van der Waals surface area contributed by atoms with Crippen LogP contribution in [0, 0.1) is 11.3 Å². The summed E-state index contributed by atoms with van der Waals surface area (Å²) >= 11 is 0. The minimum absolute atomic E-state index is 0.225. The van der Waals surface area contributed by atoms with Gasteiger partial charge in [0.15, 0.2) is 0 Å². The third kappa shape index (κ3) is 4.96. The molecule has 10 heteroatoms. The summed E-state index contributed by atoms with van der Waals surface area (Å²) in [4.78, 5) is 16.2. The maximum Gasteiger partial charge on any atom is 0.247 e. The van der Waals surface area contributed by atoms with Gasteiger partial charge < -0.3 is 19.9 Å². The van der Waals surface area contributed by atoms with E-state index in [4.69, 9.17) is 4.74 Å². The number of aromatic nitrogens is 4. The lowest BCUT2D eigenvalue weighted by atomic mass is 10.1. The molecule has 198 valence electrons. The molecule has 2 aliphatic heterocycles. The molecule has 39 heavy (non-hydrogen) atoms. The molecule has 4 aromatic rings. The number of carbonyl (C=O) groups is 1. The van der Waals surface area contributed by atoms with E-state index in [9.17, 15) is 10.1 Å². The molecule has 6 rings (SSSR count). The number of fused-ring (bicyclic) bond motifs is 1. The number of carbonyl (C=O) groups excluding carboxylic acids is 1. The van der Waals surface area contributed by atoms with E-state index < -0.39 is 0 Å². The van der Waals surface area contributed by atoms with Gasteiger partial charge in [0.1, 0.15) is 11.6 Å². The van der Waals surface area contributed by atoms with Crippen LogP contribution in [0.3, 0.4) is 0 Å². The van der Waals surface area contributed by atoms with E-state index in [1.807, 2.05) is 41.2 Å². The molecule has 10 nitrogen and oxygen atoms in total. The average molecular weight is 523 g/mol. The summed E-state index contributed by atoms with van der Waals surface area (Å²) < 4.78 is 9.38. The number of hydrogen-bond acceptors (Lipinski definition) is 7. The summed E-state index contributed by atoms with van der Waals surface area (Å²) in [6.45, 7) is 8.27.